The third-order valence-electron chi connectivity index (χ3n) is 4.66. The van der Waals surface area contributed by atoms with Crippen molar-refractivity contribution >= 4 is 21.4 Å². The predicted octanol–water partition coefficient (Wildman–Crippen LogP) is 3.57. The van der Waals surface area contributed by atoms with E-state index in [9.17, 15) is 17.6 Å². The maximum Gasteiger partial charge on any atom is 0.225 e. The van der Waals surface area contributed by atoms with Crippen LogP contribution in [-0.4, -0.2) is 29.1 Å². The van der Waals surface area contributed by atoms with Crippen molar-refractivity contribution in [2.45, 2.75) is 37.0 Å². The van der Waals surface area contributed by atoms with Crippen LogP contribution in [0.25, 0.3) is 0 Å². The van der Waals surface area contributed by atoms with Crippen molar-refractivity contribution in [3.63, 3.8) is 0 Å². The quantitative estimate of drug-likeness (QED) is 0.598. The van der Waals surface area contributed by atoms with Crippen molar-refractivity contribution in [3.8, 4) is 0 Å². The van der Waals surface area contributed by atoms with Gasteiger partial charge in [-0.2, -0.15) is 0 Å². The van der Waals surface area contributed by atoms with Gasteiger partial charge in [-0.25, -0.2) is 17.8 Å². The van der Waals surface area contributed by atoms with Gasteiger partial charge in [0.05, 0.1) is 10.1 Å². The number of sulfone groups is 1. The van der Waals surface area contributed by atoms with Gasteiger partial charge in [-0.15, -0.1) is 0 Å². The Hall–Kier alpha value is -3.00. The molecule has 0 fully saturated rings. The van der Waals surface area contributed by atoms with Gasteiger partial charge in [0.1, 0.15) is 11.6 Å². The van der Waals surface area contributed by atoms with E-state index in [1.807, 2.05) is 29.8 Å². The Kier molecular flexibility index (Phi) is 6.12. The lowest BCUT2D eigenvalue weighted by molar-refractivity contribution is -0.116. The largest absolute Gasteiger partial charge is 0.331 e. The smallest absolute Gasteiger partial charge is 0.225 e. The fraction of sp³-hybridized carbons (Fsp3) is 0.238. The molecule has 2 aromatic carbocycles. The Labute approximate surface area is 169 Å². The molecule has 0 aliphatic heterocycles. The normalized spacial score (nSPS) is 12.5. The van der Waals surface area contributed by atoms with Gasteiger partial charge in [0, 0.05) is 31.0 Å². The van der Waals surface area contributed by atoms with Gasteiger partial charge in [0.15, 0.2) is 9.84 Å². The number of nitrogens with zero attached hydrogens (tertiary/aromatic N) is 2. The first-order valence-corrected chi connectivity index (χ1v) is 10.7. The van der Waals surface area contributed by atoms with Crippen LogP contribution in [0.3, 0.4) is 0 Å². The first-order chi connectivity index (χ1) is 13.8. The van der Waals surface area contributed by atoms with E-state index in [0.29, 0.717) is 12.2 Å². The molecular formula is C21H22FN3O3S. The van der Waals surface area contributed by atoms with Gasteiger partial charge >= 0.3 is 0 Å². The number of imidazole rings is 1. The molecule has 29 heavy (non-hydrogen) atoms. The highest BCUT2D eigenvalue weighted by Gasteiger charge is 2.25. The molecule has 0 bridgehead atoms. The third kappa shape index (κ3) is 5.08. The molecule has 0 saturated heterocycles. The van der Waals surface area contributed by atoms with Crippen molar-refractivity contribution in [3.05, 3.63) is 78.1 Å². The Balaban J connectivity index is 1.60. The van der Waals surface area contributed by atoms with Crippen LogP contribution >= 0.6 is 0 Å². The number of anilines is 1. The van der Waals surface area contributed by atoms with Gasteiger partial charge in [0.25, 0.3) is 0 Å². The van der Waals surface area contributed by atoms with Gasteiger partial charge in [-0.1, -0.05) is 12.1 Å². The molecular weight excluding hydrogens is 393 g/mol. The number of benzene rings is 2. The molecule has 3 aromatic rings. The minimum Gasteiger partial charge on any atom is -0.331 e. The summed E-state index contributed by atoms with van der Waals surface area (Å²) < 4.78 is 40.1. The second-order valence-corrected chi connectivity index (χ2v) is 9.23. The highest BCUT2D eigenvalue weighted by molar-refractivity contribution is 7.92. The van der Waals surface area contributed by atoms with Crippen LogP contribution in [0.1, 0.15) is 24.7 Å². The fourth-order valence-electron chi connectivity index (χ4n) is 2.90. The molecule has 0 aliphatic rings. The summed E-state index contributed by atoms with van der Waals surface area (Å²) in [4.78, 5) is 16.5. The summed E-state index contributed by atoms with van der Waals surface area (Å²) in [5, 5.41) is 1.79. The molecule has 1 heterocycles. The fourth-order valence-corrected chi connectivity index (χ4v) is 4.25. The molecule has 1 aromatic heterocycles. The first kappa shape index (κ1) is 20.7. The van der Waals surface area contributed by atoms with Gasteiger partial charge in [-0.05, 0) is 55.8 Å². The highest BCUT2D eigenvalue weighted by atomic mass is 32.2. The third-order valence-corrected chi connectivity index (χ3v) is 6.81. The van der Waals surface area contributed by atoms with Crippen LogP contribution in [0.5, 0.6) is 0 Å². The molecule has 0 spiro atoms. The molecule has 8 heteroatoms. The summed E-state index contributed by atoms with van der Waals surface area (Å²) in [6.07, 6.45) is 3.44. The monoisotopic (exact) mass is 415 g/mol. The lowest BCUT2D eigenvalue weighted by atomic mass is 10.2. The number of hydrogen-bond acceptors (Lipinski definition) is 4. The lowest BCUT2D eigenvalue weighted by Gasteiger charge is -2.13. The van der Waals surface area contributed by atoms with Gasteiger partial charge in [0.2, 0.25) is 5.91 Å². The summed E-state index contributed by atoms with van der Waals surface area (Å²) in [6, 6.07) is 11.9. The minimum absolute atomic E-state index is 0.00153. The van der Waals surface area contributed by atoms with E-state index in [1.165, 1.54) is 19.1 Å². The zero-order valence-corrected chi connectivity index (χ0v) is 17.0. The number of rotatable bonds is 7. The SMILES string of the molecule is Cc1nccn1Cc1ccc(NC(=O)CC(C)S(=O)(=O)c2ccc(F)cc2)cc1. The van der Waals surface area contributed by atoms with Crippen LogP contribution in [-0.2, 0) is 21.2 Å². The zero-order chi connectivity index (χ0) is 21.0. The molecule has 1 atom stereocenters. The summed E-state index contributed by atoms with van der Waals surface area (Å²) in [5.41, 5.74) is 1.64. The van der Waals surface area contributed by atoms with E-state index >= 15 is 0 Å². The number of carbonyl (C=O) groups excluding carboxylic acids is 1. The summed E-state index contributed by atoms with van der Waals surface area (Å²) >= 11 is 0. The molecule has 0 radical (unpaired) electrons. The molecule has 6 nitrogen and oxygen atoms in total. The van der Waals surface area contributed by atoms with E-state index in [1.54, 1.807) is 18.3 Å². The molecule has 152 valence electrons. The molecule has 0 saturated carbocycles. The number of nitrogens with one attached hydrogen (secondary N) is 1. The van der Waals surface area contributed by atoms with Crippen molar-refractivity contribution in [2.24, 2.45) is 0 Å². The van der Waals surface area contributed by atoms with Crippen LogP contribution in [0.15, 0.2) is 65.8 Å². The standard InChI is InChI=1S/C21H22FN3O3S/c1-15(29(27,28)20-9-5-18(22)6-10-20)13-21(26)24-19-7-3-17(4-8-19)14-25-12-11-23-16(25)2/h3-12,15H,13-14H2,1-2H3,(H,24,26). The van der Waals surface area contributed by atoms with Crippen molar-refractivity contribution < 1.29 is 17.6 Å². The molecule has 1 amide bonds. The number of amides is 1. The Morgan fingerprint density at radius 1 is 1.14 bits per heavy atom. The van der Waals surface area contributed by atoms with Gasteiger partial charge < -0.3 is 9.88 Å². The van der Waals surface area contributed by atoms with Crippen molar-refractivity contribution in [1.82, 2.24) is 9.55 Å². The van der Waals surface area contributed by atoms with Crippen molar-refractivity contribution in [2.75, 3.05) is 5.32 Å². The first-order valence-electron chi connectivity index (χ1n) is 9.11. The molecule has 1 N–H and O–H groups in total. The molecule has 3 rings (SSSR count). The zero-order valence-electron chi connectivity index (χ0n) is 16.2. The van der Waals surface area contributed by atoms with Crippen LogP contribution in [0, 0.1) is 12.7 Å². The van der Waals surface area contributed by atoms with E-state index in [0.717, 1.165) is 23.5 Å². The van der Waals surface area contributed by atoms with E-state index in [2.05, 4.69) is 10.3 Å². The van der Waals surface area contributed by atoms with E-state index < -0.39 is 26.8 Å². The maximum absolute atomic E-state index is 13.0. The average Bonchev–Trinajstić information content (AvgIpc) is 3.08. The van der Waals surface area contributed by atoms with Crippen molar-refractivity contribution in [1.29, 1.82) is 0 Å². The second kappa shape index (κ2) is 8.57. The molecule has 1 unspecified atom stereocenters. The minimum atomic E-state index is -3.72. The summed E-state index contributed by atoms with van der Waals surface area (Å²) in [5.74, 6) is 0.00103. The Morgan fingerprint density at radius 2 is 1.79 bits per heavy atom. The summed E-state index contributed by atoms with van der Waals surface area (Å²) in [6.45, 7) is 4.07. The topological polar surface area (TPSA) is 81.1 Å². The maximum atomic E-state index is 13.0. The number of halogens is 1. The Bertz CT molecular complexity index is 1090. The lowest BCUT2D eigenvalue weighted by Crippen LogP contribution is -2.25. The predicted molar refractivity (Wildman–Crippen MR) is 109 cm³/mol. The number of aromatic nitrogens is 2. The van der Waals surface area contributed by atoms with Gasteiger partial charge in [-0.3, -0.25) is 4.79 Å². The second-order valence-electron chi connectivity index (χ2n) is 6.86. The molecule has 0 aliphatic carbocycles. The highest BCUT2D eigenvalue weighted by Crippen LogP contribution is 2.19. The Morgan fingerprint density at radius 3 is 2.38 bits per heavy atom. The van der Waals surface area contributed by atoms with Crippen LogP contribution in [0.2, 0.25) is 0 Å². The number of aryl methyl sites for hydroxylation is 1. The van der Waals surface area contributed by atoms with E-state index in [-0.39, 0.29) is 11.3 Å². The van der Waals surface area contributed by atoms with E-state index in [4.69, 9.17) is 0 Å². The number of hydrogen-bond donors (Lipinski definition) is 1. The average molecular weight is 415 g/mol. The summed E-state index contributed by atoms with van der Waals surface area (Å²) in [7, 11) is -3.72. The number of carbonyl (C=O) groups is 1. The van der Waals surface area contributed by atoms with Crippen LogP contribution < -0.4 is 5.32 Å². The van der Waals surface area contributed by atoms with Crippen LogP contribution in [0.4, 0.5) is 10.1 Å².